The minimum absolute atomic E-state index is 0.261. The smallest absolute Gasteiger partial charge is 0.335 e. The zero-order valence-corrected chi connectivity index (χ0v) is 15.7. The maximum absolute atomic E-state index is 11.0. The van der Waals surface area contributed by atoms with Crippen LogP contribution in [0.15, 0.2) is 96.0 Å². The maximum atomic E-state index is 11.0. The number of hydrogen-bond acceptors (Lipinski definition) is 3. The van der Waals surface area contributed by atoms with E-state index in [0.717, 1.165) is 33.3 Å². The Morgan fingerprint density at radius 2 is 1.59 bits per heavy atom. The fraction of sp³-hybridized carbons (Fsp3) is 0.0400. The highest BCUT2D eigenvalue weighted by Gasteiger charge is 2.05. The number of carboxylic acids is 1. The summed E-state index contributed by atoms with van der Waals surface area (Å²) in [5.74, 6) is -0.216. The zero-order chi connectivity index (χ0) is 20.1. The summed E-state index contributed by atoms with van der Waals surface area (Å²) in [6.07, 6.45) is 1.81. The average Bonchev–Trinajstić information content (AvgIpc) is 2.77. The van der Waals surface area contributed by atoms with Gasteiger partial charge in [0, 0.05) is 17.2 Å². The first-order valence-electron chi connectivity index (χ1n) is 9.26. The molecule has 0 aromatic heterocycles. The molecule has 0 aliphatic heterocycles. The normalized spacial score (nSPS) is 11.0. The molecule has 0 spiro atoms. The van der Waals surface area contributed by atoms with Crippen LogP contribution in [0.1, 0.15) is 21.5 Å². The molecule has 4 nitrogen and oxygen atoms in total. The molecule has 0 aliphatic rings. The average molecular weight is 381 g/mol. The molecule has 0 aliphatic carbocycles. The van der Waals surface area contributed by atoms with Crippen molar-refractivity contribution in [2.24, 2.45) is 4.99 Å². The Hall–Kier alpha value is -3.92. The first-order chi connectivity index (χ1) is 14.2. The zero-order valence-electron chi connectivity index (χ0n) is 15.7. The van der Waals surface area contributed by atoms with E-state index in [9.17, 15) is 4.79 Å². The summed E-state index contributed by atoms with van der Waals surface area (Å²) in [6.45, 7) is 0.346. The Balaban J connectivity index is 1.53. The molecule has 4 rings (SSSR count). The number of aliphatic imine (C=N–C) groups is 1. The second-order valence-corrected chi connectivity index (χ2v) is 6.59. The van der Waals surface area contributed by atoms with Crippen molar-refractivity contribution in [3.8, 4) is 5.75 Å². The molecular formula is C25H19NO3. The molecule has 0 heterocycles. The lowest BCUT2D eigenvalue weighted by Gasteiger charge is -2.09. The summed E-state index contributed by atoms with van der Waals surface area (Å²) < 4.78 is 5.96. The van der Waals surface area contributed by atoms with Crippen molar-refractivity contribution in [2.75, 3.05) is 0 Å². The maximum Gasteiger partial charge on any atom is 0.335 e. The van der Waals surface area contributed by atoms with E-state index in [2.05, 4.69) is 23.2 Å². The number of nitrogens with zero attached hydrogens (tertiary/aromatic N) is 1. The summed E-state index contributed by atoms with van der Waals surface area (Å²) in [7, 11) is 0. The van der Waals surface area contributed by atoms with Crippen LogP contribution in [0.2, 0.25) is 0 Å². The number of hydrogen-bond donors (Lipinski definition) is 1. The second kappa shape index (κ2) is 8.40. The molecule has 0 radical (unpaired) electrons. The van der Waals surface area contributed by atoms with Crippen LogP contribution in [0.3, 0.4) is 0 Å². The predicted molar refractivity (Wildman–Crippen MR) is 115 cm³/mol. The largest absolute Gasteiger partial charge is 0.488 e. The van der Waals surface area contributed by atoms with Crippen molar-refractivity contribution in [3.05, 3.63) is 108 Å². The Morgan fingerprint density at radius 1 is 0.862 bits per heavy atom. The number of carboxylic acid groups (broad SMARTS) is 1. The predicted octanol–water partition coefficient (Wildman–Crippen LogP) is 5.87. The lowest BCUT2D eigenvalue weighted by molar-refractivity contribution is 0.0697. The summed E-state index contributed by atoms with van der Waals surface area (Å²) in [5.41, 5.74) is 2.94. The van der Waals surface area contributed by atoms with E-state index in [0.29, 0.717) is 6.61 Å². The SMILES string of the molecule is O=C(O)c1ccc(COc2ccccc2C=Nc2cccc3ccccc23)cc1. The van der Waals surface area contributed by atoms with Gasteiger partial charge >= 0.3 is 5.97 Å². The van der Waals surface area contributed by atoms with E-state index in [-0.39, 0.29) is 5.56 Å². The number of para-hydroxylation sites is 1. The fourth-order valence-corrected chi connectivity index (χ4v) is 3.08. The van der Waals surface area contributed by atoms with Crippen molar-refractivity contribution in [2.45, 2.75) is 6.61 Å². The summed E-state index contributed by atoms with van der Waals surface area (Å²) in [5, 5.41) is 11.2. The first kappa shape index (κ1) is 18.4. The van der Waals surface area contributed by atoms with Crippen LogP contribution in [-0.4, -0.2) is 17.3 Å². The molecule has 4 heteroatoms. The molecule has 4 aromatic rings. The van der Waals surface area contributed by atoms with Crippen molar-refractivity contribution in [1.29, 1.82) is 0 Å². The number of rotatable bonds is 6. The molecule has 0 atom stereocenters. The van der Waals surface area contributed by atoms with Crippen LogP contribution < -0.4 is 4.74 Å². The number of carbonyl (C=O) groups is 1. The van der Waals surface area contributed by atoms with Gasteiger partial charge in [-0.3, -0.25) is 4.99 Å². The third-order valence-corrected chi connectivity index (χ3v) is 4.62. The van der Waals surface area contributed by atoms with Gasteiger partial charge in [0.05, 0.1) is 11.3 Å². The number of benzene rings is 4. The van der Waals surface area contributed by atoms with Crippen LogP contribution in [0.4, 0.5) is 5.69 Å². The Kier molecular flexibility index (Phi) is 5.34. The fourth-order valence-electron chi connectivity index (χ4n) is 3.08. The van der Waals surface area contributed by atoms with Gasteiger partial charge in [-0.15, -0.1) is 0 Å². The Morgan fingerprint density at radius 3 is 2.41 bits per heavy atom. The molecule has 0 saturated heterocycles. The topological polar surface area (TPSA) is 58.9 Å². The van der Waals surface area contributed by atoms with Crippen LogP contribution in [-0.2, 0) is 6.61 Å². The Labute approximate surface area is 168 Å². The van der Waals surface area contributed by atoms with E-state index in [1.165, 1.54) is 0 Å². The van der Waals surface area contributed by atoms with Gasteiger partial charge < -0.3 is 9.84 Å². The molecule has 0 unspecified atom stereocenters. The third-order valence-electron chi connectivity index (χ3n) is 4.62. The minimum Gasteiger partial charge on any atom is -0.488 e. The number of aromatic carboxylic acids is 1. The molecular weight excluding hydrogens is 362 g/mol. The lowest BCUT2D eigenvalue weighted by Crippen LogP contribution is -2.00. The van der Waals surface area contributed by atoms with Gasteiger partial charge in [0.1, 0.15) is 12.4 Å². The van der Waals surface area contributed by atoms with Crippen LogP contribution in [0, 0.1) is 0 Å². The monoisotopic (exact) mass is 381 g/mol. The van der Waals surface area contributed by atoms with Gasteiger partial charge in [-0.05, 0) is 41.3 Å². The van der Waals surface area contributed by atoms with E-state index >= 15 is 0 Å². The van der Waals surface area contributed by atoms with Gasteiger partial charge in [-0.25, -0.2) is 4.79 Å². The van der Waals surface area contributed by atoms with E-state index < -0.39 is 5.97 Å². The van der Waals surface area contributed by atoms with Crippen molar-refractivity contribution in [3.63, 3.8) is 0 Å². The van der Waals surface area contributed by atoms with Crippen molar-refractivity contribution in [1.82, 2.24) is 0 Å². The van der Waals surface area contributed by atoms with Gasteiger partial charge in [0.15, 0.2) is 0 Å². The van der Waals surface area contributed by atoms with E-state index in [1.54, 1.807) is 24.3 Å². The van der Waals surface area contributed by atoms with Crippen molar-refractivity contribution < 1.29 is 14.6 Å². The molecule has 4 aromatic carbocycles. The quantitative estimate of drug-likeness (QED) is 0.425. The Bertz CT molecular complexity index is 1170. The third kappa shape index (κ3) is 4.33. The molecule has 29 heavy (non-hydrogen) atoms. The van der Waals surface area contributed by atoms with Gasteiger partial charge in [-0.1, -0.05) is 60.7 Å². The number of fused-ring (bicyclic) bond motifs is 1. The summed E-state index contributed by atoms with van der Waals surface area (Å²) in [4.78, 5) is 15.6. The van der Waals surface area contributed by atoms with Gasteiger partial charge in [-0.2, -0.15) is 0 Å². The molecule has 0 saturated carbocycles. The lowest BCUT2D eigenvalue weighted by atomic mass is 10.1. The van der Waals surface area contributed by atoms with Gasteiger partial charge in [0.2, 0.25) is 0 Å². The highest BCUT2D eigenvalue weighted by atomic mass is 16.5. The molecule has 0 amide bonds. The van der Waals surface area contributed by atoms with Crippen LogP contribution >= 0.6 is 0 Å². The number of ether oxygens (including phenoxy) is 1. The molecule has 0 bridgehead atoms. The van der Waals surface area contributed by atoms with Crippen molar-refractivity contribution >= 4 is 28.6 Å². The van der Waals surface area contributed by atoms with E-state index in [1.807, 2.05) is 54.7 Å². The summed E-state index contributed by atoms with van der Waals surface area (Å²) >= 11 is 0. The minimum atomic E-state index is -0.938. The molecule has 0 fully saturated rings. The first-order valence-corrected chi connectivity index (χ1v) is 9.26. The highest BCUT2D eigenvalue weighted by Crippen LogP contribution is 2.26. The molecule has 142 valence electrons. The molecule has 1 N–H and O–H groups in total. The highest BCUT2D eigenvalue weighted by molar-refractivity contribution is 5.95. The van der Waals surface area contributed by atoms with E-state index in [4.69, 9.17) is 9.84 Å². The standard InChI is InChI=1S/C25H19NO3/c27-25(28)20-14-12-18(13-15-20)17-29-24-11-4-2-7-21(24)16-26-23-10-5-8-19-6-1-3-9-22(19)23/h1-16H,17H2,(H,27,28). The summed E-state index contributed by atoms with van der Waals surface area (Å²) in [6, 6.07) is 28.6. The van der Waals surface area contributed by atoms with Crippen LogP contribution in [0.5, 0.6) is 5.75 Å². The van der Waals surface area contributed by atoms with Gasteiger partial charge in [0.25, 0.3) is 0 Å². The second-order valence-electron chi connectivity index (χ2n) is 6.59. The van der Waals surface area contributed by atoms with Crippen LogP contribution in [0.25, 0.3) is 10.8 Å².